The van der Waals surface area contributed by atoms with Gasteiger partial charge in [-0.1, -0.05) is 6.07 Å². The summed E-state index contributed by atoms with van der Waals surface area (Å²) in [6.45, 7) is 4.45. The summed E-state index contributed by atoms with van der Waals surface area (Å²) in [5.74, 6) is -1.07. The molecule has 0 aromatic heterocycles. The highest BCUT2D eigenvalue weighted by Crippen LogP contribution is 2.18. The van der Waals surface area contributed by atoms with Gasteiger partial charge in [0.25, 0.3) is 0 Å². The zero-order valence-electron chi connectivity index (χ0n) is 10.6. The van der Waals surface area contributed by atoms with Gasteiger partial charge < -0.3 is 10.1 Å². The molecule has 100 valence electrons. The Kier molecular flexibility index (Phi) is 4.66. The Morgan fingerprint density at radius 2 is 2.22 bits per heavy atom. The maximum Gasteiger partial charge on any atom is 0.159 e. The van der Waals surface area contributed by atoms with Gasteiger partial charge >= 0.3 is 0 Å². The Balaban J connectivity index is 1.86. The van der Waals surface area contributed by atoms with Crippen molar-refractivity contribution in [3.63, 3.8) is 0 Å². The summed E-state index contributed by atoms with van der Waals surface area (Å²) in [6, 6.07) is 4.06. The number of halogens is 2. The molecule has 1 aliphatic heterocycles. The van der Waals surface area contributed by atoms with Gasteiger partial charge in [0.05, 0.1) is 6.61 Å². The second-order valence-corrected chi connectivity index (χ2v) is 4.89. The number of rotatable bonds is 4. The number of ether oxygens (including phenoxy) is 1. The molecule has 1 fully saturated rings. The maximum absolute atomic E-state index is 13.1. The molecule has 2 atom stereocenters. The largest absolute Gasteiger partial charge is 0.381 e. The van der Waals surface area contributed by atoms with Gasteiger partial charge in [-0.15, -0.1) is 0 Å². The van der Waals surface area contributed by atoms with Crippen LogP contribution in [0.2, 0.25) is 0 Å². The van der Waals surface area contributed by atoms with Crippen LogP contribution in [0.15, 0.2) is 18.2 Å². The summed E-state index contributed by atoms with van der Waals surface area (Å²) in [5, 5.41) is 3.35. The third-order valence-electron chi connectivity index (χ3n) is 3.41. The van der Waals surface area contributed by atoms with Crippen molar-refractivity contribution in [2.75, 3.05) is 19.8 Å². The first-order chi connectivity index (χ1) is 8.66. The van der Waals surface area contributed by atoms with E-state index >= 15 is 0 Å². The van der Waals surface area contributed by atoms with Crippen molar-refractivity contribution < 1.29 is 13.5 Å². The van der Waals surface area contributed by atoms with Crippen LogP contribution in [0.25, 0.3) is 0 Å². The maximum atomic E-state index is 13.1. The van der Waals surface area contributed by atoms with E-state index in [1.807, 2.05) is 6.92 Å². The van der Waals surface area contributed by atoms with E-state index in [1.54, 1.807) is 6.07 Å². The summed E-state index contributed by atoms with van der Waals surface area (Å²) in [5.41, 5.74) is 0.769. The smallest absolute Gasteiger partial charge is 0.159 e. The van der Waals surface area contributed by atoms with Crippen LogP contribution in [0.1, 0.15) is 31.4 Å². The second kappa shape index (κ2) is 6.25. The summed E-state index contributed by atoms with van der Waals surface area (Å²) in [7, 11) is 0. The number of hydrogen-bond acceptors (Lipinski definition) is 2. The third kappa shape index (κ3) is 3.50. The first-order valence-electron chi connectivity index (χ1n) is 6.43. The van der Waals surface area contributed by atoms with Gasteiger partial charge in [-0.05, 0) is 43.4 Å². The van der Waals surface area contributed by atoms with Gasteiger partial charge in [0.1, 0.15) is 0 Å². The number of benzene rings is 1. The molecule has 0 spiro atoms. The second-order valence-electron chi connectivity index (χ2n) is 4.89. The Labute approximate surface area is 106 Å². The predicted octanol–water partition coefficient (Wildman–Crippen LogP) is 3.04. The fourth-order valence-corrected chi connectivity index (χ4v) is 2.21. The van der Waals surface area contributed by atoms with Crippen molar-refractivity contribution in [2.24, 2.45) is 5.92 Å². The monoisotopic (exact) mass is 255 g/mol. The van der Waals surface area contributed by atoms with Crippen molar-refractivity contribution in [1.29, 1.82) is 0 Å². The molecule has 18 heavy (non-hydrogen) atoms. The quantitative estimate of drug-likeness (QED) is 0.893. The zero-order valence-corrected chi connectivity index (χ0v) is 10.6. The molecule has 1 heterocycles. The molecule has 0 bridgehead atoms. The van der Waals surface area contributed by atoms with Crippen LogP contribution in [-0.2, 0) is 4.74 Å². The van der Waals surface area contributed by atoms with E-state index < -0.39 is 11.6 Å². The molecule has 1 aromatic rings. The number of nitrogens with one attached hydrogen (secondary N) is 1. The molecule has 2 nitrogen and oxygen atoms in total. The Morgan fingerprint density at radius 1 is 1.39 bits per heavy atom. The van der Waals surface area contributed by atoms with Crippen molar-refractivity contribution in [2.45, 2.75) is 25.8 Å². The molecule has 1 aliphatic rings. The van der Waals surface area contributed by atoms with Crippen molar-refractivity contribution in [1.82, 2.24) is 5.32 Å². The first-order valence-corrected chi connectivity index (χ1v) is 6.43. The molecule has 4 heteroatoms. The van der Waals surface area contributed by atoms with E-state index in [-0.39, 0.29) is 6.04 Å². The Morgan fingerprint density at radius 3 is 2.89 bits per heavy atom. The average Bonchev–Trinajstić information content (AvgIpc) is 2.40. The van der Waals surface area contributed by atoms with Crippen molar-refractivity contribution in [3.05, 3.63) is 35.4 Å². The van der Waals surface area contributed by atoms with Gasteiger partial charge in [-0.3, -0.25) is 0 Å². The highest BCUT2D eigenvalue weighted by molar-refractivity contribution is 5.20. The van der Waals surface area contributed by atoms with Crippen molar-refractivity contribution >= 4 is 0 Å². The van der Waals surface area contributed by atoms with Gasteiger partial charge in [0.15, 0.2) is 11.6 Å². The lowest BCUT2D eigenvalue weighted by molar-refractivity contribution is 0.0540. The van der Waals surface area contributed by atoms with Crippen LogP contribution in [0.4, 0.5) is 8.78 Å². The van der Waals surface area contributed by atoms with Crippen LogP contribution in [0, 0.1) is 17.6 Å². The molecule has 0 radical (unpaired) electrons. The van der Waals surface area contributed by atoms with E-state index in [0.717, 1.165) is 38.2 Å². The lowest BCUT2D eigenvalue weighted by atomic mass is 10.0. The Hall–Kier alpha value is -1.00. The molecule has 1 aromatic carbocycles. The summed E-state index contributed by atoms with van der Waals surface area (Å²) in [6.07, 6.45) is 2.27. The molecule has 0 saturated carbocycles. The molecule has 1 saturated heterocycles. The zero-order chi connectivity index (χ0) is 13.0. The minimum atomic E-state index is -0.799. The fraction of sp³-hybridized carbons (Fsp3) is 0.571. The predicted molar refractivity (Wildman–Crippen MR) is 66.3 cm³/mol. The minimum Gasteiger partial charge on any atom is -0.381 e. The molecular formula is C14H19F2NO. The van der Waals surface area contributed by atoms with Gasteiger partial charge in [0.2, 0.25) is 0 Å². The van der Waals surface area contributed by atoms with Crippen molar-refractivity contribution in [3.8, 4) is 0 Å². The minimum absolute atomic E-state index is 0.0158. The van der Waals surface area contributed by atoms with E-state index in [4.69, 9.17) is 4.74 Å². The third-order valence-corrected chi connectivity index (χ3v) is 3.41. The summed E-state index contributed by atoms with van der Waals surface area (Å²) < 4.78 is 31.3. The lowest BCUT2D eigenvalue weighted by Gasteiger charge is -2.24. The van der Waals surface area contributed by atoms with Crippen LogP contribution in [0.3, 0.4) is 0 Å². The number of hydrogen-bond donors (Lipinski definition) is 1. The van der Waals surface area contributed by atoms with Crippen LogP contribution in [-0.4, -0.2) is 19.8 Å². The van der Waals surface area contributed by atoms with Gasteiger partial charge in [0, 0.05) is 19.2 Å². The lowest BCUT2D eigenvalue weighted by Crippen LogP contribution is -2.30. The first kappa shape index (κ1) is 13.4. The van der Waals surface area contributed by atoms with E-state index in [2.05, 4.69) is 5.32 Å². The highest BCUT2D eigenvalue weighted by atomic mass is 19.2. The standard InChI is InChI=1S/C14H19F2NO/c1-10(12-4-5-13(15)14(16)7-12)17-8-11-3-2-6-18-9-11/h4-5,7,10-11,17H,2-3,6,8-9H2,1H3. The summed E-state index contributed by atoms with van der Waals surface area (Å²) >= 11 is 0. The highest BCUT2D eigenvalue weighted by Gasteiger charge is 2.15. The average molecular weight is 255 g/mol. The Bertz CT molecular complexity index is 391. The van der Waals surface area contributed by atoms with Gasteiger partial charge in [-0.25, -0.2) is 8.78 Å². The normalized spacial score (nSPS) is 21.8. The molecular weight excluding hydrogens is 236 g/mol. The van der Waals surface area contributed by atoms with E-state index in [0.29, 0.717) is 5.92 Å². The van der Waals surface area contributed by atoms with E-state index in [9.17, 15) is 8.78 Å². The van der Waals surface area contributed by atoms with Crippen LogP contribution < -0.4 is 5.32 Å². The summed E-state index contributed by atoms with van der Waals surface area (Å²) in [4.78, 5) is 0. The van der Waals surface area contributed by atoms with E-state index in [1.165, 1.54) is 12.1 Å². The molecule has 2 rings (SSSR count). The topological polar surface area (TPSA) is 21.3 Å². The van der Waals surface area contributed by atoms with Crippen LogP contribution >= 0.6 is 0 Å². The fourth-order valence-electron chi connectivity index (χ4n) is 2.21. The van der Waals surface area contributed by atoms with Gasteiger partial charge in [-0.2, -0.15) is 0 Å². The molecule has 2 unspecified atom stereocenters. The SMILES string of the molecule is CC(NCC1CCCOC1)c1ccc(F)c(F)c1. The van der Waals surface area contributed by atoms with Crippen LogP contribution in [0.5, 0.6) is 0 Å². The molecule has 1 N–H and O–H groups in total. The molecule has 0 aliphatic carbocycles. The molecule has 0 amide bonds.